The average molecular weight is 635 g/mol. The number of benzene rings is 2. The van der Waals surface area contributed by atoms with Gasteiger partial charge in [0.25, 0.3) is 5.91 Å². The molecular weight excluding hydrogens is 599 g/mol. The Bertz CT molecular complexity index is 1640. The molecule has 3 aromatic rings. The Kier molecular flexibility index (Phi) is 9.19. The molecule has 12 heteroatoms. The zero-order valence-electron chi connectivity index (χ0n) is 25.4. The molecule has 2 fully saturated rings. The van der Waals surface area contributed by atoms with Crippen LogP contribution in [0.3, 0.4) is 0 Å². The highest BCUT2D eigenvalue weighted by atomic mass is 35.5. The van der Waals surface area contributed by atoms with Crippen molar-refractivity contribution < 1.29 is 23.4 Å². The van der Waals surface area contributed by atoms with Crippen LogP contribution in [-0.2, 0) is 27.3 Å². The number of halogens is 2. The lowest BCUT2D eigenvalue weighted by atomic mass is 9.94. The molecule has 3 aliphatic rings. The smallest absolute Gasteiger partial charge is 0.318 e. The number of ether oxygens (including phenoxy) is 3. The molecule has 2 aromatic carbocycles. The van der Waals surface area contributed by atoms with Crippen molar-refractivity contribution in [2.24, 2.45) is 0 Å². The van der Waals surface area contributed by atoms with E-state index in [0.717, 1.165) is 40.6 Å². The summed E-state index contributed by atoms with van der Waals surface area (Å²) in [5.74, 6) is -1.20. The number of carbonyl (C=O) groups is 1. The van der Waals surface area contributed by atoms with Crippen LogP contribution >= 0.6 is 11.6 Å². The predicted octanol–water partition coefficient (Wildman–Crippen LogP) is 4.61. The molecule has 0 radical (unpaired) electrons. The van der Waals surface area contributed by atoms with Crippen LogP contribution in [0, 0.1) is 11.3 Å². The van der Waals surface area contributed by atoms with Crippen molar-refractivity contribution >= 4 is 34.1 Å². The number of rotatable bonds is 8. The van der Waals surface area contributed by atoms with Crippen LogP contribution in [0.5, 0.6) is 6.01 Å². The first-order chi connectivity index (χ1) is 21.8. The number of amides is 1. The first kappa shape index (κ1) is 31.2. The van der Waals surface area contributed by atoms with Crippen molar-refractivity contribution in [1.82, 2.24) is 19.8 Å². The lowest BCUT2D eigenvalue weighted by molar-refractivity contribution is -0.131. The van der Waals surface area contributed by atoms with E-state index < -0.39 is 17.8 Å². The number of fused-ring (bicyclic) bond motifs is 2. The molecule has 45 heavy (non-hydrogen) atoms. The molecule has 0 spiro atoms. The van der Waals surface area contributed by atoms with Gasteiger partial charge in [0.15, 0.2) is 5.83 Å². The number of hydrogen-bond acceptors (Lipinski definition) is 9. The van der Waals surface area contributed by atoms with Crippen LogP contribution < -0.4 is 9.64 Å². The minimum absolute atomic E-state index is 0.0429. The van der Waals surface area contributed by atoms with Crippen molar-refractivity contribution in [3.05, 3.63) is 70.6 Å². The zero-order chi connectivity index (χ0) is 31.7. The number of anilines is 1. The molecule has 1 aromatic heterocycles. The molecule has 3 aliphatic heterocycles. The number of carbonyl (C=O) groups excluding carboxylic acids is 1. The van der Waals surface area contributed by atoms with Crippen LogP contribution in [0.4, 0.5) is 10.2 Å². The van der Waals surface area contributed by atoms with Crippen molar-refractivity contribution in [1.29, 1.82) is 5.26 Å². The largest absolute Gasteiger partial charge is 0.462 e. The van der Waals surface area contributed by atoms with Crippen molar-refractivity contribution in [2.75, 3.05) is 51.8 Å². The second-order valence-corrected chi connectivity index (χ2v) is 12.2. The molecule has 1 unspecified atom stereocenters. The maximum Gasteiger partial charge on any atom is 0.318 e. The molecule has 2 saturated heterocycles. The summed E-state index contributed by atoms with van der Waals surface area (Å²) < 4.78 is 32.1. The summed E-state index contributed by atoms with van der Waals surface area (Å²) in [6.45, 7) is 5.52. The SMILES string of the molecule is C=C(F)C(=O)N1CCN(c2nc(OC[C@H]3C[C@@H](OC)CN3C)nc3c2COC(c2cccc4cccc(Cl)c24)C3)C[C@@H]1CC#N. The number of nitrogens with zero attached hydrogens (tertiary/aromatic N) is 6. The highest BCUT2D eigenvalue weighted by Gasteiger charge is 2.36. The van der Waals surface area contributed by atoms with E-state index in [2.05, 4.69) is 17.5 Å². The van der Waals surface area contributed by atoms with E-state index in [0.29, 0.717) is 37.0 Å². The van der Waals surface area contributed by atoms with Crippen LogP contribution in [-0.4, -0.2) is 90.8 Å². The number of methoxy groups -OCH3 is 1. The summed E-state index contributed by atoms with van der Waals surface area (Å²) in [4.78, 5) is 27.9. The van der Waals surface area contributed by atoms with Gasteiger partial charge in [0, 0.05) is 61.7 Å². The molecule has 4 atom stereocenters. The van der Waals surface area contributed by atoms with Crippen LogP contribution in [0.25, 0.3) is 10.8 Å². The fraction of sp³-hybridized carbons (Fsp3) is 0.455. The topological polar surface area (TPSA) is 104 Å². The Balaban J connectivity index is 1.33. The summed E-state index contributed by atoms with van der Waals surface area (Å²) >= 11 is 6.66. The number of likely N-dealkylation sites (N-methyl/N-ethyl adjacent to an activating group) is 1. The molecule has 4 heterocycles. The first-order valence-electron chi connectivity index (χ1n) is 15.1. The fourth-order valence-electron chi connectivity index (χ4n) is 6.66. The standard InChI is InChI=1S/C33H36ClFN6O4/c1-20(35)32(42)41-13-12-40(16-22(41)10-11-36)31-26-19-44-29(25-8-4-6-21-7-5-9-27(34)30(21)25)15-28(26)37-33(38-31)45-18-23-14-24(43-3)17-39(23)2/h4-9,22-24,29H,1,10,12-19H2,2-3H3/t22-,23+,24+,29?/m0/s1. The van der Waals surface area contributed by atoms with Gasteiger partial charge in [-0.05, 0) is 30.5 Å². The van der Waals surface area contributed by atoms with Gasteiger partial charge in [0.05, 0.1) is 43.0 Å². The summed E-state index contributed by atoms with van der Waals surface area (Å²) in [6.07, 6.45) is 1.21. The summed E-state index contributed by atoms with van der Waals surface area (Å²) in [7, 11) is 3.77. The van der Waals surface area contributed by atoms with Crippen molar-refractivity contribution in [2.45, 2.75) is 50.2 Å². The van der Waals surface area contributed by atoms with E-state index in [9.17, 15) is 14.4 Å². The highest BCUT2D eigenvalue weighted by Crippen LogP contribution is 2.39. The Morgan fingerprint density at radius 2 is 2.00 bits per heavy atom. The number of hydrogen-bond donors (Lipinski definition) is 0. The summed E-state index contributed by atoms with van der Waals surface area (Å²) in [6, 6.07) is 13.9. The van der Waals surface area contributed by atoms with Gasteiger partial charge >= 0.3 is 6.01 Å². The fourth-order valence-corrected chi connectivity index (χ4v) is 6.95. The first-order valence-corrected chi connectivity index (χ1v) is 15.5. The second kappa shape index (κ2) is 13.3. The van der Waals surface area contributed by atoms with Gasteiger partial charge in [-0.25, -0.2) is 4.39 Å². The van der Waals surface area contributed by atoms with E-state index in [-0.39, 0.29) is 43.8 Å². The molecule has 0 N–H and O–H groups in total. The molecule has 0 aliphatic carbocycles. The van der Waals surface area contributed by atoms with Gasteiger partial charge in [-0.2, -0.15) is 15.2 Å². The maximum absolute atomic E-state index is 13.8. The summed E-state index contributed by atoms with van der Waals surface area (Å²) in [5, 5.41) is 12.1. The van der Waals surface area contributed by atoms with Crippen LogP contribution in [0.1, 0.15) is 35.8 Å². The van der Waals surface area contributed by atoms with E-state index in [1.54, 1.807) is 7.11 Å². The lowest BCUT2D eigenvalue weighted by Gasteiger charge is -2.42. The van der Waals surface area contributed by atoms with E-state index in [1.165, 1.54) is 4.90 Å². The maximum atomic E-state index is 13.8. The predicted molar refractivity (Wildman–Crippen MR) is 168 cm³/mol. The number of nitriles is 1. The molecule has 0 saturated carbocycles. The second-order valence-electron chi connectivity index (χ2n) is 11.8. The average Bonchev–Trinajstić information content (AvgIpc) is 3.42. The number of piperazine rings is 1. The third-order valence-corrected chi connectivity index (χ3v) is 9.40. The van der Waals surface area contributed by atoms with Crippen LogP contribution in [0.2, 0.25) is 5.02 Å². The Labute approximate surface area is 266 Å². The molecule has 10 nitrogen and oxygen atoms in total. The molecular formula is C33H36ClFN6O4. The lowest BCUT2D eigenvalue weighted by Crippen LogP contribution is -2.55. The van der Waals surface area contributed by atoms with Crippen molar-refractivity contribution in [3.63, 3.8) is 0 Å². The molecule has 1 amide bonds. The zero-order valence-corrected chi connectivity index (χ0v) is 26.2. The highest BCUT2D eigenvalue weighted by molar-refractivity contribution is 6.35. The van der Waals surface area contributed by atoms with Gasteiger partial charge in [-0.1, -0.05) is 48.5 Å². The van der Waals surface area contributed by atoms with Gasteiger partial charge in [-0.3, -0.25) is 9.69 Å². The third-order valence-electron chi connectivity index (χ3n) is 9.08. The van der Waals surface area contributed by atoms with E-state index in [4.69, 9.17) is 35.8 Å². The van der Waals surface area contributed by atoms with E-state index in [1.807, 2.05) is 48.3 Å². The van der Waals surface area contributed by atoms with Gasteiger partial charge in [0.1, 0.15) is 12.4 Å². The molecule has 6 rings (SSSR count). The molecule has 236 valence electrons. The van der Waals surface area contributed by atoms with Gasteiger partial charge in [0.2, 0.25) is 0 Å². The third kappa shape index (κ3) is 6.33. The van der Waals surface area contributed by atoms with E-state index >= 15 is 0 Å². The monoisotopic (exact) mass is 634 g/mol. The Morgan fingerprint density at radius 1 is 1.20 bits per heavy atom. The quantitative estimate of drug-likeness (QED) is 0.329. The Morgan fingerprint density at radius 3 is 2.73 bits per heavy atom. The van der Waals surface area contributed by atoms with Gasteiger partial charge in [-0.15, -0.1) is 0 Å². The minimum atomic E-state index is -1.04. The number of likely N-dealkylation sites (tertiary alicyclic amines) is 1. The molecule has 0 bridgehead atoms. The van der Waals surface area contributed by atoms with Crippen molar-refractivity contribution in [3.8, 4) is 12.1 Å². The Hall–Kier alpha value is -3.82. The number of aromatic nitrogens is 2. The van der Waals surface area contributed by atoms with Gasteiger partial charge < -0.3 is 24.0 Å². The summed E-state index contributed by atoms with van der Waals surface area (Å²) in [5.41, 5.74) is 2.61. The normalized spacial score (nSPS) is 23.5. The minimum Gasteiger partial charge on any atom is -0.462 e. The van der Waals surface area contributed by atoms with Crippen LogP contribution in [0.15, 0.2) is 48.8 Å².